The lowest BCUT2D eigenvalue weighted by molar-refractivity contribution is 0.0988. The van der Waals surface area contributed by atoms with Crippen molar-refractivity contribution in [3.05, 3.63) is 45.4 Å². The first kappa shape index (κ1) is 17.6. The van der Waals surface area contributed by atoms with Gasteiger partial charge in [-0.05, 0) is 30.2 Å². The summed E-state index contributed by atoms with van der Waals surface area (Å²) < 4.78 is 10.7. The van der Waals surface area contributed by atoms with Gasteiger partial charge in [-0.2, -0.15) is 0 Å². The number of benzene rings is 1. The second-order valence-corrected chi connectivity index (χ2v) is 5.38. The van der Waals surface area contributed by atoms with Crippen molar-refractivity contribution in [2.75, 3.05) is 14.2 Å². The van der Waals surface area contributed by atoms with E-state index in [1.165, 1.54) is 26.4 Å². The number of nitrogens with zero attached hydrogens (tertiary/aromatic N) is 3. The molecule has 0 aliphatic heterocycles. The molecular weight excluding hydrogens is 310 g/mol. The molecule has 0 fully saturated rings. The van der Waals surface area contributed by atoms with Gasteiger partial charge in [0.25, 0.3) is 0 Å². The summed E-state index contributed by atoms with van der Waals surface area (Å²) in [6.45, 7) is 2.03. The van der Waals surface area contributed by atoms with Gasteiger partial charge < -0.3 is 9.47 Å². The largest absolute Gasteiger partial charge is 0.496 e. The molecule has 7 heteroatoms. The van der Waals surface area contributed by atoms with Crippen molar-refractivity contribution in [2.45, 2.75) is 32.2 Å². The Morgan fingerprint density at radius 3 is 2.38 bits per heavy atom. The van der Waals surface area contributed by atoms with Crippen LogP contribution in [0.15, 0.2) is 23.3 Å². The zero-order valence-corrected chi connectivity index (χ0v) is 13.9. The van der Waals surface area contributed by atoms with E-state index in [2.05, 4.69) is 10.0 Å². The second-order valence-electron chi connectivity index (χ2n) is 5.38. The Balaban J connectivity index is 2.73. The molecule has 1 aromatic carbocycles. The van der Waals surface area contributed by atoms with Crippen LogP contribution in [0.1, 0.15) is 58.5 Å². The number of azide groups is 1. The Kier molecular flexibility index (Phi) is 5.60. The summed E-state index contributed by atoms with van der Waals surface area (Å²) in [6.07, 6.45) is 4.82. The van der Waals surface area contributed by atoms with Crippen molar-refractivity contribution in [3.8, 4) is 11.5 Å². The van der Waals surface area contributed by atoms with E-state index in [9.17, 15) is 9.59 Å². The van der Waals surface area contributed by atoms with Crippen molar-refractivity contribution in [2.24, 2.45) is 5.11 Å². The third-order valence-corrected chi connectivity index (χ3v) is 3.96. The molecule has 1 aliphatic rings. The third kappa shape index (κ3) is 3.12. The number of ether oxygens (including phenoxy) is 2. The van der Waals surface area contributed by atoms with Crippen LogP contribution in [0, 0.1) is 0 Å². The predicted molar refractivity (Wildman–Crippen MR) is 88.8 cm³/mol. The Hall–Kier alpha value is -2.79. The van der Waals surface area contributed by atoms with Gasteiger partial charge in [-0.3, -0.25) is 9.59 Å². The van der Waals surface area contributed by atoms with E-state index in [-0.39, 0.29) is 34.2 Å². The monoisotopic (exact) mass is 329 g/mol. The Labute approximate surface area is 139 Å². The van der Waals surface area contributed by atoms with Crippen LogP contribution >= 0.6 is 0 Å². The van der Waals surface area contributed by atoms with Gasteiger partial charge in [0.2, 0.25) is 0 Å². The molecule has 0 bridgehead atoms. The maximum absolute atomic E-state index is 12.3. The number of hydrogen-bond donors (Lipinski definition) is 0. The average Bonchev–Trinajstić information content (AvgIpc) is 2.60. The van der Waals surface area contributed by atoms with Gasteiger partial charge in [-0.15, -0.1) is 0 Å². The van der Waals surface area contributed by atoms with Crippen LogP contribution in [0.4, 0.5) is 0 Å². The maximum Gasteiger partial charge on any atom is 0.190 e. The van der Waals surface area contributed by atoms with Crippen LogP contribution in [0.5, 0.6) is 11.5 Å². The van der Waals surface area contributed by atoms with Gasteiger partial charge in [0.15, 0.2) is 11.6 Å². The molecule has 0 aromatic heterocycles. The minimum absolute atomic E-state index is 0.161. The quantitative estimate of drug-likeness (QED) is 0.425. The highest BCUT2D eigenvalue weighted by Gasteiger charge is 2.31. The molecular formula is C17H19N3O4. The molecule has 1 unspecified atom stereocenters. The highest BCUT2D eigenvalue weighted by atomic mass is 16.5. The van der Waals surface area contributed by atoms with E-state index in [1.54, 1.807) is 6.07 Å². The third-order valence-electron chi connectivity index (χ3n) is 3.96. The number of rotatable bonds is 7. The summed E-state index contributed by atoms with van der Waals surface area (Å²) in [5, 5.41) is 3.84. The molecule has 24 heavy (non-hydrogen) atoms. The number of methoxy groups -OCH3 is 2. The van der Waals surface area contributed by atoms with E-state index in [4.69, 9.17) is 15.0 Å². The molecule has 2 rings (SSSR count). The fraction of sp³-hybridized carbons (Fsp3) is 0.412. The molecule has 0 radical (unpaired) electrons. The number of fused-ring (bicyclic) bond motifs is 1. The molecule has 0 saturated carbocycles. The number of carbonyl (C=O) groups is 2. The summed E-state index contributed by atoms with van der Waals surface area (Å²) in [5.41, 5.74) is 9.77. The lowest BCUT2D eigenvalue weighted by atomic mass is 9.88. The fourth-order valence-electron chi connectivity index (χ4n) is 2.82. The Morgan fingerprint density at radius 1 is 1.17 bits per heavy atom. The second kappa shape index (κ2) is 7.66. The van der Waals surface area contributed by atoms with Crippen LogP contribution in [0.2, 0.25) is 0 Å². The van der Waals surface area contributed by atoms with E-state index in [0.29, 0.717) is 12.0 Å². The van der Waals surface area contributed by atoms with E-state index in [0.717, 1.165) is 12.8 Å². The van der Waals surface area contributed by atoms with Crippen LogP contribution in [0.3, 0.4) is 0 Å². The van der Waals surface area contributed by atoms with E-state index >= 15 is 0 Å². The number of ketones is 2. The number of unbranched alkanes of at least 4 members (excludes halogenated alkanes) is 1. The van der Waals surface area contributed by atoms with Crippen molar-refractivity contribution in [1.82, 2.24) is 0 Å². The highest BCUT2D eigenvalue weighted by molar-refractivity contribution is 6.24. The van der Waals surface area contributed by atoms with Gasteiger partial charge in [-0.25, -0.2) is 0 Å². The van der Waals surface area contributed by atoms with Crippen LogP contribution in [-0.2, 0) is 0 Å². The van der Waals surface area contributed by atoms with E-state index < -0.39 is 6.04 Å². The van der Waals surface area contributed by atoms with Crippen LogP contribution < -0.4 is 9.47 Å². The van der Waals surface area contributed by atoms with Gasteiger partial charge in [0, 0.05) is 10.5 Å². The number of allylic oxidation sites excluding steroid dienone is 2. The zero-order chi connectivity index (χ0) is 17.7. The molecule has 0 heterocycles. The topological polar surface area (TPSA) is 101 Å². The minimum atomic E-state index is -0.502. The van der Waals surface area contributed by atoms with Gasteiger partial charge >= 0.3 is 0 Å². The maximum atomic E-state index is 12.3. The predicted octanol–water partition coefficient (Wildman–Crippen LogP) is 4.18. The first-order chi connectivity index (χ1) is 11.6. The lowest BCUT2D eigenvalue weighted by Crippen LogP contribution is -2.17. The van der Waals surface area contributed by atoms with E-state index in [1.807, 2.05) is 6.92 Å². The number of hydrogen-bond acceptors (Lipinski definition) is 5. The van der Waals surface area contributed by atoms with Crippen molar-refractivity contribution in [3.63, 3.8) is 0 Å². The smallest absolute Gasteiger partial charge is 0.190 e. The first-order valence-corrected chi connectivity index (χ1v) is 7.68. The Morgan fingerprint density at radius 2 is 1.83 bits per heavy atom. The summed E-state index contributed by atoms with van der Waals surface area (Å²) in [5.74, 6) is -0.114. The fourth-order valence-corrected chi connectivity index (χ4v) is 2.82. The SMILES string of the molecule is CCCCC(N=[N+]=[N-])c1cc(OC)c2c(c1OC)C(=O)C=CC2=O. The highest BCUT2D eigenvalue weighted by Crippen LogP contribution is 2.42. The summed E-state index contributed by atoms with van der Waals surface area (Å²) in [6, 6.07) is 1.12. The summed E-state index contributed by atoms with van der Waals surface area (Å²) in [7, 11) is 2.85. The van der Waals surface area contributed by atoms with Crippen molar-refractivity contribution in [1.29, 1.82) is 0 Å². The van der Waals surface area contributed by atoms with Gasteiger partial charge in [0.05, 0.1) is 31.4 Å². The normalized spacial score (nSPS) is 14.0. The molecule has 0 spiro atoms. The molecule has 1 aromatic rings. The molecule has 0 amide bonds. The summed E-state index contributed by atoms with van der Waals surface area (Å²) in [4.78, 5) is 27.5. The van der Waals surface area contributed by atoms with Crippen molar-refractivity contribution >= 4 is 11.6 Å². The molecule has 0 saturated heterocycles. The number of carbonyl (C=O) groups excluding carboxylic acids is 2. The van der Waals surface area contributed by atoms with Crippen molar-refractivity contribution < 1.29 is 19.1 Å². The molecule has 126 valence electrons. The van der Waals surface area contributed by atoms with Crippen LogP contribution in [-0.4, -0.2) is 25.8 Å². The summed E-state index contributed by atoms with van der Waals surface area (Å²) >= 11 is 0. The molecule has 0 N–H and O–H groups in total. The van der Waals surface area contributed by atoms with Crippen LogP contribution in [0.25, 0.3) is 10.4 Å². The Bertz CT molecular complexity index is 749. The zero-order valence-electron chi connectivity index (χ0n) is 13.9. The lowest BCUT2D eigenvalue weighted by Gasteiger charge is -2.22. The van der Waals surface area contributed by atoms with Gasteiger partial charge in [0.1, 0.15) is 11.5 Å². The first-order valence-electron chi connectivity index (χ1n) is 7.68. The molecule has 1 atom stereocenters. The molecule has 7 nitrogen and oxygen atoms in total. The standard InChI is InChI=1S/C17H19N3O4/c1-4-5-6-11(19-20-18)10-9-14(23-2)15-12(21)7-8-13(22)16(15)17(10)24-3/h7-9,11H,4-6H2,1-3H3. The minimum Gasteiger partial charge on any atom is -0.496 e. The molecule has 1 aliphatic carbocycles. The average molecular weight is 329 g/mol. The van der Waals surface area contributed by atoms with Gasteiger partial charge in [-0.1, -0.05) is 24.9 Å².